The Labute approximate surface area is 150 Å². The van der Waals surface area contributed by atoms with Gasteiger partial charge in [0.05, 0.1) is 11.4 Å². The minimum absolute atomic E-state index is 0.175. The lowest BCUT2D eigenvalue weighted by atomic mass is 10.2. The topological polar surface area (TPSA) is 37.4 Å². The van der Waals surface area contributed by atoms with Gasteiger partial charge in [0, 0.05) is 12.1 Å². The lowest BCUT2D eigenvalue weighted by molar-refractivity contribution is 0.478. The van der Waals surface area contributed by atoms with Crippen LogP contribution in [0.1, 0.15) is 24.0 Å². The van der Waals surface area contributed by atoms with Crippen molar-refractivity contribution in [2.45, 2.75) is 24.7 Å². The van der Waals surface area contributed by atoms with Gasteiger partial charge in [-0.1, -0.05) is 59.4 Å². The fourth-order valence-electron chi connectivity index (χ4n) is 2.37. The molecule has 1 aliphatic rings. The van der Waals surface area contributed by atoms with E-state index < -0.39 is 10.0 Å². The van der Waals surface area contributed by atoms with Crippen LogP contribution in [0.2, 0.25) is 0 Å². The van der Waals surface area contributed by atoms with E-state index in [1.54, 1.807) is 12.1 Å². The van der Waals surface area contributed by atoms with Crippen molar-refractivity contribution in [1.82, 2.24) is 4.31 Å². The average molecular weight is 351 g/mol. The number of allylic oxidation sites excluding steroid dienone is 1. The van der Waals surface area contributed by atoms with Crippen molar-refractivity contribution in [3.63, 3.8) is 0 Å². The van der Waals surface area contributed by atoms with Crippen LogP contribution in [-0.4, -0.2) is 25.8 Å². The number of benzene rings is 2. The zero-order chi connectivity index (χ0) is 17.7. The molecule has 0 amide bonds. The number of nitrogens with zero attached hydrogens (tertiary/aromatic N) is 1. The van der Waals surface area contributed by atoms with E-state index in [1.807, 2.05) is 55.5 Å². The highest BCUT2D eigenvalue weighted by Gasteiger charge is 2.23. The van der Waals surface area contributed by atoms with Crippen LogP contribution in [0, 0.1) is 18.8 Å². The normalized spacial score (nSPS) is 13.3. The highest BCUT2D eigenvalue weighted by atomic mass is 32.2. The average Bonchev–Trinajstić information content (AvgIpc) is 3.43. The second-order valence-electron chi connectivity index (χ2n) is 6.14. The van der Waals surface area contributed by atoms with Gasteiger partial charge in [-0.25, -0.2) is 8.42 Å². The molecule has 1 saturated carbocycles. The summed E-state index contributed by atoms with van der Waals surface area (Å²) in [6.07, 6.45) is 4.16. The van der Waals surface area contributed by atoms with Gasteiger partial charge in [0.2, 0.25) is 10.0 Å². The maximum atomic E-state index is 12.9. The maximum Gasteiger partial charge on any atom is 0.244 e. The van der Waals surface area contributed by atoms with E-state index >= 15 is 0 Å². The van der Waals surface area contributed by atoms with Crippen LogP contribution in [-0.2, 0) is 10.0 Å². The van der Waals surface area contributed by atoms with Crippen molar-refractivity contribution in [1.29, 1.82) is 0 Å². The number of hydrogen-bond acceptors (Lipinski definition) is 2. The first kappa shape index (κ1) is 17.5. The minimum atomic E-state index is -3.55. The molecule has 0 atom stereocenters. The zero-order valence-electron chi connectivity index (χ0n) is 14.3. The Morgan fingerprint density at radius 2 is 1.72 bits per heavy atom. The molecule has 0 radical (unpaired) electrons. The molecular formula is C21H21NO2S. The van der Waals surface area contributed by atoms with Gasteiger partial charge < -0.3 is 0 Å². The molecule has 4 heteroatoms. The van der Waals surface area contributed by atoms with E-state index in [1.165, 1.54) is 9.88 Å². The van der Waals surface area contributed by atoms with Gasteiger partial charge in [-0.3, -0.25) is 0 Å². The van der Waals surface area contributed by atoms with Crippen LogP contribution in [0.5, 0.6) is 0 Å². The van der Waals surface area contributed by atoms with Gasteiger partial charge >= 0.3 is 0 Å². The van der Waals surface area contributed by atoms with Gasteiger partial charge in [-0.2, -0.15) is 4.31 Å². The van der Waals surface area contributed by atoms with Crippen molar-refractivity contribution in [2.24, 2.45) is 0 Å². The summed E-state index contributed by atoms with van der Waals surface area (Å²) >= 11 is 0. The molecule has 0 aliphatic heterocycles. The largest absolute Gasteiger partial charge is 0.244 e. The van der Waals surface area contributed by atoms with E-state index in [9.17, 15) is 8.42 Å². The second kappa shape index (κ2) is 7.69. The van der Waals surface area contributed by atoms with Gasteiger partial charge in [-0.15, -0.1) is 0 Å². The lowest BCUT2D eigenvalue weighted by Crippen LogP contribution is -2.31. The highest BCUT2D eigenvalue weighted by molar-refractivity contribution is 7.89. The number of rotatable bonds is 5. The molecule has 1 fully saturated rings. The molecule has 0 aromatic heterocycles. The van der Waals surface area contributed by atoms with Gasteiger partial charge in [0.1, 0.15) is 0 Å². The van der Waals surface area contributed by atoms with E-state index in [-0.39, 0.29) is 6.54 Å². The first-order valence-corrected chi connectivity index (χ1v) is 9.78. The number of sulfonamides is 1. The van der Waals surface area contributed by atoms with Crippen molar-refractivity contribution < 1.29 is 8.42 Å². The van der Waals surface area contributed by atoms with E-state index in [2.05, 4.69) is 11.8 Å². The Morgan fingerprint density at radius 1 is 1.04 bits per heavy atom. The van der Waals surface area contributed by atoms with Gasteiger partial charge in [0.25, 0.3) is 0 Å². The third-order valence-corrected chi connectivity index (χ3v) is 5.87. The molecule has 0 spiro atoms. The van der Waals surface area contributed by atoms with Gasteiger partial charge in [0.15, 0.2) is 0 Å². The number of aryl methyl sites for hydroxylation is 1. The Hall–Kier alpha value is -2.35. The Balaban J connectivity index is 1.82. The predicted octanol–water partition coefficient (Wildman–Crippen LogP) is 3.76. The molecule has 0 N–H and O–H groups in total. The van der Waals surface area contributed by atoms with Crippen molar-refractivity contribution >= 4 is 10.0 Å². The standard InChI is InChI=1S/C21H21NO2S/c1-18-9-13-21(14-10-18)25(23,24)22(17-15-20-11-12-20)16-5-8-19-6-3-2-4-7-19/h2-4,6-7,9-10,13-15H,11-12,16-17H2,1H3. The monoisotopic (exact) mass is 351 g/mol. The Bertz CT molecular complexity index is 911. The summed E-state index contributed by atoms with van der Waals surface area (Å²) in [5.74, 6) is 6.03. The molecule has 25 heavy (non-hydrogen) atoms. The zero-order valence-corrected chi connectivity index (χ0v) is 15.1. The summed E-state index contributed by atoms with van der Waals surface area (Å²) in [5, 5.41) is 0. The molecular weight excluding hydrogens is 330 g/mol. The molecule has 3 rings (SSSR count). The summed E-state index contributed by atoms with van der Waals surface area (Å²) in [7, 11) is -3.55. The molecule has 128 valence electrons. The third kappa shape index (κ3) is 4.82. The molecule has 3 nitrogen and oxygen atoms in total. The summed E-state index contributed by atoms with van der Waals surface area (Å²) in [6, 6.07) is 16.6. The first-order chi connectivity index (χ1) is 12.1. The molecule has 2 aromatic rings. The molecule has 0 heterocycles. The van der Waals surface area contributed by atoms with E-state index in [0.29, 0.717) is 11.4 Å². The minimum Gasteiger partial charge on any atom is -0.207 e. The molecule has 0 saturated heterocycles. The fourth-order valence-corrected chi connectivity index (χ4v) is 3.65. The van der Waals surface area contributed by atoms with Crippen LogP contribution >= 0.6 is 0 Å². The van der Waals surface area contributed by atoms with Crippen molar-refractivity contribution in [2.75, 3.05) is 13.1 Å². The van der Waals surface area contributed by atoms with Crippen LogP contribution in [0.3, 0.4) is 0 Å². The van der Waals surface area contributed by atoms with Crippen LogP contribution in [0.15, 0.2) is 71.1 Å². The predicted molar refractivity (Wildman–Crippen MR) is 101 cm³/mol. The first-order valence-electron chi connectivity index (χ1n) is 8.34. The molecule has 0 unspecified atom stereocenters. The van der Waals surface area contributed by atoms with Crippen molar-refractivity contribution in [3.8, 4) is 11.8 Å². The summed E-state index contributed by atoms with van der Waals surface area (Å²) in [6.45, 7) is 2.49. The summed E-state index contributed by atoms with van der Waals surface area (Å²) in [5.41, 5.74) is 3.24. The molecule has 2 aromatic carbocycles. The van der Waals surface area contributed by atoms with E-state index in [4.69, 9.17) is 0 Å². The van der Waals surface area contributed by atoms with E-state index in [0.717, 1.165) is 24.0 Å². The SMILES string of the molecule is Cc1ccc(S(=O)(=O)N(CC#Cc2ccccc2)CC=C2CC2)cc1. The molecule has 1 aliphatic carbocycles. The van der Waals surface area contributed by atoms with Crippen LogP contribution in [0.4, 0.5) is 0 Å². The second-order valence-corrected chi connectivity index (χ2v) is 8.08. The summed E-state index contributed by atoms with van der Waals surface area (Å²) < 4.78 is 27.3. The maximum absolute atomic E-state index is 12.9. The quantitative estimate of drug-likeness (QED) is 0.608. The third-order valence-electron chi connectivity index (χ3n) is 4.04. The smallest absolute Gasteiger partial charge is 0.207 e. The summed E-state index contributed by atoms with van der Waals surface area (Å²) in [4.78, 5) is 0.314. The lowest BCUT2D eigenvalue weighted by Gasteiger charge is -2.18. The Morgan fingerprint density at radius 3 is 2.36 bits per heavy atom. The Kier molecular flexibility index (Phi) is 5.37. The van der Waals surface area contributed by atoms with Crippen molar-refractivity contribution in [3.05, 3.63) is 77.4 Å². The number of hydrogen-bond donors (Lipinski definition) is 0. The van der Waals surface area contributed by atoms with Gasteiger partial charge in [-0.05, 0) is 44.0 Å². The van der Waals surface area contributed by atoms with Crippen LogP contribution in [0.25, 0.3) is 0 Å². The van der Waals surface area contributed by atoms with Crippen LogP contribution < -0.4 is 0 Å². The highest BCUT2D eigenvalue weighted by Crippen LogP contribution is 2.27. The molecule has 0 bridgehead atoms. The fraction of sp³-hybridized carbons (Fsp3) is 0.238.